The molecule has 1 aliphatic heterocycles. The first kappa shape index (κ1) is 14.8. The van der Waals surface area contributed by atoms with E-state index in [4.69, 9.17) is 16.2 Å². The van der Waals surface area contributed by atoms with E-state index in [1.54, 1.807) is 0 Å². The Hall–Kier alpha value is -2.80. The van der Waals surface area contributed by atoms with Gasteiger partial charge in [0.1, 0.15) is 11.6 Å². The first-order valence-corrected chi connectivity index (χ1v) is 8.02. The Bertz CT molecular complexity index is 845. The van der Waals surface area contributed by atoms with Crippen LogP contribution in [0.4, 0.5) is 17.6 Å². The van der Waals surface area contributed by atoms with Gasteiger partial charge in [0.05, 0.1) is 13.2 Å². The predicted octanol–water partition coefficient (Wildman–Crippen LogP) is 1.55. The summed E-state index contributed by atoms with van der Waals surface area (Å²) in [4.78, 5) is 14.2. The van der Waals surface area contributed by atoms with E-state index in [1.807, 2.05) is 29.3 Å². The highest BCUT2D eigenvalue weighted by molar-refractivity contribution is 5.83. The number of ether oxygens (including phenoxy) is 1. The van der Waals surface area contributed by atoms with Crippen molar-refractivity contribution in [2.75, 3.05) is 42.7 Å². The van der Waals surface area contributed by atoms with E-state index in [1.165, 1.54) is 0 Å². The lowest BCUT2D eigenvalue weighted by molar-refractivity contribution is 0.122. The Morgan fingerprint density at radius 3 is 2.54 bits per heavy atom. The third kappa shape index (κ3) is 2.63. The van der Waals surface area contributed by atoms with E-state index in [9.17, 15) is 0 Å². The highest BCUT2D eigenvalue weighted by Gasteiger charge is 2.18. The van der Waals surface area contributed by atoms with Crippen molar-refractivity contribution in [2.24, 2.45) is 0 Å². The number of fused-ring (bicyclic) bond motifs is 1. The number of aromatic nitrogens is 3. The predicted molar refractivity (Wildman–Crippen MR) is 95.0 cm³/mol. The molecule has 7 heteroatoms. The number of nitrogens with zero attached hydrogens (tertiary/aromatic N) is 3. The summed E-state index contributed by atoms with van der Waals surface area (Å²) >= 11 is 0. The minimum Gasteiger partial charge on any atom is -0.383 e. The van der Waals surface area contributed by atoms with Crippen molar-refractivity contribution < 1.29 is 4.74 Å². The van der Waals surface area contributed by atoms with Gasteiger partial charge in [-0.2, -0.15) is 9.97 Å². The molecule has 3 heterocycles. The Labute approximate surface area is 139 Å². The molecule has 0 unspecified atom stereocenters. The zero-order valence-corrected chi connectivity index (χ0v) is 13.3. The lowest BCUT2D eigenvalue weighted by atomic mass is 10.1. The number of para-hydroxylation sites is 1. The van der Waals surface area contributed by atoms with Crippen LogP contribution in [0.3, 0.4) is 0 Å². The third-order valence-corrected chi connectivity index (χ3v) is 4.40. The van der Waals surface area contributed by atoms with Gasteiger partial charge in [0.15, 0.2) is 0 Å². The van der Waals surface area contributed by atoms with Crippen LogP contribution >= 0.6 is 0 Å². The number of hydrogen-bond donors (Lipinski definition) is 3. The lowest BCUT2D eigenvalue weighted by Crippen LogP contribution is -2.37. The molecule has 1 aromatic carbocycles. The molecule has 0 aliphatic carbocycles. The maximum atomic E-state index is 6.19. The summed E-state index contributed by atoms with van der Waals surface area (Å²) in [6.45, 7) is 2.84. The third-order valence-electron chi connectivity index (χ3n) is 4.40. The fourth-order valence-corrected chi connectivity index (χ4v) is 3.06. The Morgan fingerprint density at radius 1 is 1.08 bits per heavy atom. The van der Waals surface area contributed by atoms with Crippen LogP contribution < -0.4 is 16.4 Å². The number of anilines is 3. The van der Waals surface area contributed by atoms with Crippen LogP contribution in [0.1, 0.15) is 11.1 Å². The molecule has 3 aromatic rings. The van der Waals surface area contributed by atoms with Gasteiger partial charge in [-0.1, -0.05) is 18.2 Å². The van der Waals surface area contributed by atoms with E-state index in [-0.39, 0.29) is 0 Å². The first-order chi connectivity index (χ1) is 11.7. The van der Waals surface area contributed by atoms with Gasteiger partial charge < -0.3 is 26.1 Å². The van der Waals surface area contributed by atoms with Crippen molar-refractivity contribution in [2.45, 2.75) is 6.42 Å². The van der Waals surface area contributed by atoms with Crippen LogP contribution in [0.25, 0.3) is 10.9 Å². The zero-order valence-electron chi connectivity index (χ0n) is 13.3. The monoisotopic (exact) mass is 324 g/mol. The fourth-order valence-electron chi connectivity index (χ4n) is 3.06. The van der Waals surface area contributed by atoms with Crippen molar-refractivity contribution in [3.63, 3.8) is 0 Å². The largest absolute Gasteiger partial charge is 0.383 e. The highest BCUT2D eigenvalue weighted by atomic mass is 16.5. The number of nitrogen functional groups attached to an aromatic ring is 2. The summed E-state index contributed by atoms with van der Waals surface area (Å²) in [6.07, 6.45) is 2.59. The molecule has 1 aliphatic rings. The molecule has 0 atom stereocenters. The minimum absolute atomic E-state index is 0.439. The van der Waals surface area contributed by atoms with Crippen LogP contribution in [0, 0.1) is 0 Å². The molecule has 0 radical (unpaired) electrons. The number of nitrogens with two attached hydrogens (primary N) is 2. The van der Waals surface area contributed by atoms with Crippen molar-refractivity contribution in [1.29, 1.82) is 0 Å². The molecule has 4 rings (SSSR count). The first-order valence-electron chi connectivity index (χ1n) is 8.02. The van der Waals surface area contributed by atoms with Crippen molar-refractivity contribution in [3.05, 3.63) is 41.6 Å². The molecular formula is C17H20N6O. The number of aromatic amines is 1. The summed E-state index contributed by atoms with van der Waals surface area (Å²) in [5, 5.41) is 1.16. The standard InChI is InChI=1S/C17H20N6O/c18-15-13(9-11-10-20-14-4-2-1-3-12(11)14)16(19)22-17(21-15)23-5-7-24-8-6-23/h1-4,10,20H,5-9H2,(H4,18,19,21,22). The van der Waals surface area contributed by atoms with Crippen LogP contribution in [0.5, 0.6) is 0 Å². The van der Waals surface area contributed by atoms with Crippen molar-refractivity contribution >= 4 is 28.5 Å². The van der Waals surface area contributed by atoms with Gasteiger partial charge in [0, 0.05) is 42.2 Å². The number of hydrogen-bond acceptors (Lipinski definition) is 6. The second-order valence-electron chi connectivity index (χ2n) is 5.91. The van der Waals surface area contributed by atoms with Crippen molar-refractivity contribution in [1.82, 2.24) is 15.0 Å². The molecule has 7 nitrogen and oxygen atoms in total. The average Bonchev–Trinajstić information content (AvgIpc) is 3.02. The van der Waals surface area contributed by atoms with E-state index < -0.39 is 0 Å². The summed E-state index contributed by atoms with van der Waals surface area (Å²) in [7, 11) is 0. The maximum absolute atomic E-state index is 6.19. The molecule has 0 spiro atoms. The fraction of sp³-hybridized carbons (Fsp3) is 0.294. The quantitative estimate of drug-likeness (QED) is 0.675. The molecule has 24 heavy (non-hydrogen) atoms. The topological polar surface area (TPSA) is 106 Å². The van der Waals surface area contributed by atoms with Gasteiger partial charge in [-0.3, -0.25) is 0 Å². The molecule has 0 amide bonds. The molecule has 2 aromatic heterocycles. The summed E-state index contributed by atoms with van der Waals surface area (Å²) in [6, 6.07) is 8.15. The molecular weight excluding hydrogens is 304 g/mol. The Kier molecular flexibility index (Phi) is 3.70. The number of benzene rings is 1. The minimum atomic E-state index is 0.439. The van der Waals surface area contributed by atoms with E-state index in [2.05, 4.69) is 21.0 Å². The molecule has 1 saturated heterocycles. The average molecular weight is 324 g/mol. The Balaban J connectivity index is 1.66. The second kappa shape index (κ2) is 6.01. The summed E-state index contributed by atoms with van der Waals surface area (Å²) < 4.78 is 5.35. The van der Waals surface area contributed by atoms with Gasteiger partial charge in [-0.25, -0.2) is 0 Å². The molecule has 0 saturated carbocycles. The van der Waals surface area contributed by atoms with Crippen LogP contribution in [-0.4, -0.2) is 41.3 Å². The molecule has 124 valence electrons. The molecule has 1 fully saturated rings. The SMILES string of the molecule is Nc1nc(N2CCOCC2)nc(N)c1Cc1c[nH]c2ccccc12. The number of rotatable bonds is 3. The second-order valence-corrected chi connectivity index (χ2v) is 5.91. The normalized spacial score (nSPS) is 15.1. The Morgan fingerprint density at radius 2 is 1.79 bits per heavy atom. The van der Waals surface area contributed by atoms with Crippen molar-refractivity contribution in [3.8, 4) is 0 Å². The number of morpholine rings is 1. The smallest absolute Gasteiger partial charge is 0.229 e. The summed E-state index contributed by atoms with van der Waals surface area (Å²) in [5.74, 6) is 1.46. The maximum Gasteiger partial charge on any atom is 0.229 e. The van der Waals surface area contributed by atoms with Gasteiger partial charge >= 0.3 is 0 Å². The molecule has 0 bridgehead atoms. The number of H-pyrrole nitrogens is 1. The van der Waals surface area contributed by atoms with Crippen LogP contribution in [0.2, 0.25) is 0 Å². The molecule has 5 N–H and O–H groups in total. The zero-order chi connectivity index (χ0) is 16.5. The van der Waals surface area contributed by atoms with E-state index >= 15 is 0 Å². The van der Waals surface area contributed by atoms with Gasteiger partial charge in [-0.15, -0.1) is 0 Å². The highest BCUT2D eigenvalue weighted by Crippen LogP contribution is 2.27. The van der Waals surface area contributed by atoms with Crippen LogP contribution in [0.15, 0.2) is 30.5 Å². The number of nitrogens with one attached hydrogen (secondary N) is 1. The lowest BCUT2D eigenvalue weighted by Gasteiger charge is -2.27. The van der Waals surface area contributed by atoms with Gasteiger partial charge in [-0.05, 0) is 11.6 Å². The van der Waals surface area contributed by atoms with Crippen LogP contribution in [-0.2, 0) is 11.2 Å². The summed E-state index contributed by atoms with van der Waals surface area (Å²) in [5.41, 5.74) is 15.4. The van der Waals surface area contributed by atoms with Gasteiger partial charge in [0.2, 0.25) is 5.95 Å². The van der Waals surface area contributed by atoms with E-state index in [0.29, 0.717) is 37.2 Å². The van der Waals surface area contributed by atoms with Gasteiger partial charge in [0.25, 0.3) is 0 Å². The van der Waals surface area contributed by atoms with E-state index in [0.717, 1.165) is 35.1 Å².